The zero-order valence-electron chi connectivity index (χ0n) is 10.2. The van der Waals surface area contributed by atoms with Crippen LogP contribution in [0.4, 0.5) is 5.69 Å². The van der Waals surface area contributed by atoms with Gasteiger partial charge in [0.2, 0.25) is 6.17 Å². The van der Waals surface area contributed by atoms with E-state index in [9.17, 15) is 4.79 Å². The lowest BCUT2D eigenvalue weighted by atomic mass is 10.1. The van der Waals surface area contributed by atoms with E-state index >= 15 is 0 Å². The minimum Gasteiger partial charge on any atom is -0.313 e. The van der Waals surface area contributed by atoms with Crippen molar-refractivity contribution in [3.8, 4) is 0 Å². The maximum atomic E-state index is 12.1. The minimum absolute atomic E-state index is 0.316. The summed E-state index contributed by atoms with van der Waals surface area (Å²) in [7, 11) is 1.66. The largest absolute Gasteiger partial charge is 0.313 e. The zero-order valence-corrected chi connectivity index (χ0v) is 10.2. The van der Waals surface area contributed by atoms with Crippen molar-refractivity contribution >= 4 is 17.3 Å². The number of hydrogen-bond acceptors (Lipinski definition) is 3. The number of azide groups is 1. The van der Waals surface area contributed by atoms with Crippen LogP contribution >= 0.6 is 0 Å². The SMILES string of the molecule is CCC1=NC(N=[N+]=[N-])C(=O)N(C)c2ccccc21. The molecule has 0 fully saturated rings. The van der Waals surface area contributed by atoms with Gasteiger partial charge < -0.3 is 4.90 Å². The van der Waals surface area contributed by atoms with E-state index in [1.807, 2.05) is 31.2 Å². The highest BCUT2D eigenvalue weighted by atomic mass is 16.2. The van der Waals surface area contributed by atoms with Crippen LogP contribution in [0.1, 0.15) is 18.9 Å². The molecule has 1 aromatic carbocycles. The minimum atomic E-state index is -1.01. The summed E-state index contributed by atoms with van der Waals surface area (Å²) < 4.78 is 0. The van der Waals surface area contributed by atoms with E-state index in [0.717, 1.165) is 17.0 Å². The van der Waals surface area contributed by atoms with E-state index in [4.69, 9.17) is 5.53 Å². The van der Waals surface area contributed by atoms with Gasteiger partial charge in [0.25, 0.3) is 5.91 Å². The van der Waals surface area contributed by atoms with Gasteiger partial charge in [-0.3, -0.25) is 9.79 Å². The Balaban J connectivity index is 2.63. The molecule has 0 aromatic heterocycles. The topological polar surface area (TPSA) is 81.4 Å². The first kappa shape index (κ1) is 12.1. The molecule has 1 aliphatic heterocycles. The highest BCUT2D eigenvalue weighted by Gasteiger charge is 2.27. The van der Waals surface area contributed by atoms with Crippen molar-refractivity contribution in [1.29, 1.82) is 0 Å². The predicted molar refractivity (Wildman–Crippen MR) is 69.6 cm³/mol. The number of rotatable bonds is 2. The number of benzene rings is 1. The van der Waals surface area contributed by atoms with Crippen molar-refractivity contribution in [2.75, 3.05) is 11.9 Å². The molecule has 0 aliphatic carbocycles. The van der Waals surface area contributed by atoms with Crippen molar-refractivity contribution < 1.29 is 4.79 Å². The maximum Gasteiger partial charge on any atom is 0.257 e. The molecule has 1 atom stereocenters. The van der Waals surface area contributed by atoms with Crippen molar-refractivity contribution in [1.82, 2.24) is 0 Å². The number of nitrogens with zero attached hydrogens (tertiary/aromatic N) is 5. The number of para-hydroxylation sites is 1. The summed E-state index contributed by atoms with van der Waals surface area (Å²) in [6.07, 6.45) is -0.336. The highest BCUT2D eigenvalue weighted by molar-refractivity contribution is 6.12. The van der Waals surface area contributed by atoms with Crippen LogP contribution < -0.4 is 4.90 Å². The fourth-order valence-corrected chi connectivity index (χ4v) is 1.98. The lowest BCUT2D eigenvalue weighted by Gasteiger charge is -2.18. The number of likely N-dealkylation sites (N-methyl/N-ethyl adjacent to an activating group) is 1. The molecule has 0 saturated heterocycles. The molecule has 0 spiro atoms. The third kappa shape index (κ3) is 1.94. The zero-order chi connectivity index (χ0) is 13.1. The quantitative estimate of drug-likeness (QED) is 0.446. The number of fused-ring (bicyclic) bond motifs is 1. The average Bonchev–Trinajstić information content (AvgIpc) is 2.50. The Morgan fingerprint density at radius 1 is 1.50 bits per heavy atom. The first-order valence-corrected chi connectivity index (χ1v) is 5.67. The second-order valence-corrected chi connectivity index (χ2v) is 3.92. The van der Waals surface area contributed by atoms with Gasteiger partial charge in [-0.25, -0.2) is 0 Å². The van der Waals surface area contributed by atoms with Gasteiger partial charge in [0.15, 0.2) is 0 Å². The van der Waals surface area contributed by atoms with E-state index in [1.165, 1.54) is 4.90 Å². The summed E-state index contributed by atoms with van der Waals surface area (Å²) >= 11 is 0. The summed E-state index contributed by atoms with van der Waals surface area (Å²) in [4.78, 5) is 20.5. The second-order valence-electron chi connectivity index (χ2n) is 3.92. The average molecular weight is 243 g/mol. The van der Waals surface area contributed by atoms with Crippen LogP contribution in [-0.4, -0.2) is 24.8 Å². The number of aliphatic imine (C=N–C) groups is 1. The van der Waals surface area contributed by atoms with Gasteiger partial charge in [0, 0.05) is 23.2 Å². The monoisotopic (exact) mass is 243 g/mol. The summed E-state index contributed by atoms with van der Waals surface area (Å²) in [5, 5.41) is 3.46. The van der Waals surface area contributed by atoms with Crippen LogP contribution in [0.2, 0.25) is 0 Å². The Morgan fingerprint density at radius 3 is 2.89 bits per heavy atom. The smallest absolute Gasteiger partial charge is 0.257 e. The Labute approximate surface area is 105 Å². The molecule has 1 aliphatic rings. The standard InChI is InChI=1S/C12H13N5O/c1-3-9-8-6-4-5-7-10(8)17(2)12(18)11(14-9)15-16-13/h4-7,11H,3H2,1-2H3. The first-order chi connectivity index (χ1) is 8.69. The molecule has 2 rings (SSSR count). The van der Waals surface area contributed by atoms with Gasteiger partial charge in [-0.15, -0.1) is 0 Å². The molecule has 6 heteroatoms. The van der Waals surface area contributed by atoms with Crippen molar-refractivity contribution in [2.45, 2.75) is 19.5 Å². The Hall–Kier alpha value is -2.33. The molecule has 1 unspecified atom stereocenters. The molecular weight excluding hydrogens is 230 g/mol. The molecule has 18 heavy (non-hydrogen) atoms. The lowest BCUT2D eigenvalue weighted by Crippen LogP contribution is -2.33. The van der Waals surface area contributed by atoms with Crippen LogP contribution in [0.3, 0.4) is 0 Å². The van der Waals surface area contributed by atoms with E-state index in [0.29, 0.717) is 6.42 Å². The summed E-state index contributed by atoms with van der Waals surface area (Å²) in [5.41, 5.74) is 11.0. The van der Waals surface area contributed by atoms with E-state index in [2.05, 4.69) is 15.0 Å². The van der Waals surface area contributed by atoms with E-state index < -0.39 is 6.17 Å². The van der Waals surface area contributed by atoms with Crippen molar-refractivity contribution in [2.24, 2.45) is 10.1 Å². The molecule has 1 aromatic rings. The number of carbonyl (C=O) groups is 1. The molecular formula is C12H13N5O. The van der Waals surface area contributed by atoms with Crippen molar-refractivity contribution in [3.63, 3.8) is 0 Å². The Kier molecular flexibility index (Phi) is 3.30. The molecule has 0 saturated carbocycles. The summed E-state index contributed by atoms with van der Waals surface area (Å²) in [5.74, 6) is -0.316. The third-order valence-corrected chi connectivity index (χ3v) is 2.90. The van der Waals surface area contributed by atoms with Gasteiger partial charge in [-0.1, -0.05) is 30.2 Å². The normalized spacial score (nSPS) is 18.6. The fraction of sp³-hybridized carbons (Fsp3) is 0.333. The lowest BCUT2D eigenvalue weighted by molar-refractivity contribution is -0.119. The van der Waals surface area contributed by atoms with Crippen LogP contribution in [0.15, 0.2) is 34.4 Å². The highest BCUT2D eigenvalue weighted by Crippen LogP contribution is 2.26. The third-order valence-electron chi connectivity index (χ3n) is 2.90. The summed E-state index contributed by atoms with van der Waals surface area (Å²) in [6, 6.07) is 7.54. The molecule has 92 valence electrons. The number of hydrogen-bond donors (Lipinski definition) is 0. The van der Waals surface area contributed by atoms with Crippen LogP contribution in [0, 0.1) is 0 Å². The Morgan fingerprint density at radius 2 is 2.22 bits per heavy atom. The number of anilines is 1. The van der Waals surface area contributed by atoms with E-state index in [-0.39, 0.29) is 5.91 Å². The van der Waals surface area contributed by atoms with Gasteiger partial charge >= 0.3 is 0 Å². The van der Waals surface area contributed by atoms with Crippen LogP contribution in [0.25, 0.3) is 10.4 Å². The molecule has 6 nitrogen and oxygen atoms in total. The molecule has 0 N–H and O–H groups in total. The molecule has 0 radical (unpaired) electrons. The number of amides is 1. The maximum absolute atomic E-state index is 12.1. The van der Waals surface area contributed by atoms with Gasteiger partial charge in [-0.05, 0) is 18.0 Å². The Bertz CT molecular complexity index is 559. The number of benzodiazepines with no additional fused rings is 1. The van der Waals surface area contributed by atoms with Gasteiger partial charge in [0.1, 0.15) is 0 Å². The van der Waals surface area contributed by atoms with Crippen LogP contribution in [0.5, 0.6) is 0 Å². The fourth-order valence-electron chi connectivity index (χ4n) is 1.98. The predicted octanol–water partition coefficient (Wildman–Crippen LogP) is 2.50. The molecule has 0 bridgehead atoms. The van der Waals surface area contributed by atoms with E-state index in [1.54, 1.807) is 7.05 Å². The van der Waals surface area contributed by atoms with Crippen LogP contribution in [-0.2, 0) is 4.79 Å². The second kappa shape index (κ2) is 4.89. The summed E-state index contributed by atoms with van der Waals surface area (Å²) in [6.45, 7) is 1.96. The molecule has 1 heterocycles. The molecule has 1 amide bonds. The number of carbonyl (C=O) groups excluding carboxylic acids is 1. The first-order valence-electron chi connectivity index (χ1n) is 5.67. The van der Waals surface area contributed by atoms with Gasteiger partial charge in [0.05, 0.1) is 5.69 Å². The van der Waals surface area contributed by atoms with Gasteiger partial charge in [-0.2, -0.15) is 0 Å². The van der Waals surface area contributed by atoms with Crippen molar-refractivity contribution in [3.05, 3.63) is 40.3 Å².